The zero-order valence-corrected chi connectivity index (χ0v) is 10.3. The van der Waals surface area contributed by atoms with Crippen molar-refractivity contribution >= 4 is 19.4 Å². The predicted molar refractivity (Wildman–Crippen MR) is 54.9 cm³/mol. The molecule has 0 rings (SSSR count). The van der Waals surface area contributed by atoms with Crippen LogP contribution in [0.5, 0.6) is 0 Å². The second-order valence-corrected chi connectivity index (χ2v) is 5.11. The SMILES string of the molecule is CC(=O)CC(C)(O)C(O)C(=O)COP(=O)(O)O. The molecule has 0 saturated heterocycles. The Bertz CT molecular complexity index is 343. The van der Waals surface area contributed by atoms with E-state index in [1.807, 2.05) is 0 Å². The molecule has 8 nitrogen and oxygen atoms in total. The highest BCUT2D eigenvalue weighted by molar-refractivity contribution is 7.46. The summed E-state index contributed by atoms with van der Waals surface area (Å²) in [4.78, 5) is 38.7. The average Bonchev–Trinajstić information content (AvgIpc) is 2.09. The number of ketones is 2. The van der Waals surface area contributed by atoms with Gasteiger partial charge in [-0.25, -0.2) is 4.57 Å². The minimum Gasteiger partial charge on any atom is -0.387 e. The number of hydrogen-bond acceptors (Lipinski definition) is 6. The van der Waals surface area contributed by atoms with Gasteiger partial charge in [0, 0.05) is 6.42 Å². The monoisotopic (exact) mass is 270 g/mol. The van der Waals surface area contributed by atoms with E-state index in [0.717, 1.165) is 13.8 Å². The van der Waals surface area contributed by atoms with Crippen molar-refractivity contribution < 1.29 is 38.7 Å². The number of aliphatic hydroxyl groups is 2. The molecule has 0 bridgehead atoms. The first-order valence-electron chi connectivity index (χ1n) is 4.58. The van der Waals surface area contributed by atoms with Crippen molar-refractivity contribution in [2.75, 3.05) is 6.61 Å². The van der Waals surface area contributed by atoms with Crippen LogP contribution >= 0.6 is 7.82 Å². The smallest absolute Gasteiger partial charge is 0.387 e. The largest absolute Gasteiger partial charge is 0.470 e. The number of hydrogen-bond donors (Lipinski definition) is 4. The van der Waals surface area contributed by atoms with Gasteiger partial charge in [-0.05, 0) is 13.8 Å². The van der Waals surface area contributed by atoms with Gasteiger partial charge in [0.25, 0.3) is 0 Å². The summed E-state index contributed by atoms with van der Waals surface area (Å²) in [7, 11) is -4.82. The van der Waals surface area contributed by atoms with E-state index < -0.39 is 44.1 Å². The number of carbonyl (C=O) groups excluding carboxylic acids is 2. The molecule has 0 saturated carbocycles. The summed E-state index contributed by atoms with van der Waals surface area (Å²) >= 11 is 0. The Balaban J connectivity index is 4.49. The Kier molecular flexibility index (Phi) is 5.60. The molecule has 0 heterocycles. The van der Waals surface area contributed by atoms with Crippen molar-refractivity contribution in [3.63, 3.8) is 0 Å². The Hall–Kier alpha value is -0.630. The molecule has 2 unspecified atom stereocenters. The lowest BCUT2D eigenvalue weighted by Crippen LogP contribution is -2.47. The second kappa shape index (κ2) is 5.81. The van der Waals surface area contributed by atoms with E-state index in [0.29, 0.717) is 0 Å². The van der Waals surface area contributed by atoms with Gasteiger partial charge in [0.05, 0.1) is 0 Å². The normalized spacial score (nSPS) is 17.3. The van der Waals surface area contributed by atoms with Crippen molar-refractivity contribution in [3.05, 3.63) is 0 Å². The third-order valence-corrected chi connectivity index (χ3v) is 2.34. The van der Waals surface area contributed by atoms with Crippen molar-refractivity contribution in [1.29, 1.82) is 0 Å². The molecule has 0 spiro atoms. The van der Waals surface area contributed by atoms with Crippen LogP contribution in [0.15, 0.2) is 0 Å². The molecule has 0 aromatic rings. The van der Waals surface area contributed by atoms with E-state index in [9.17, 15) is 24.4 Å². The fourth-order valence-corrected chi connectivity index (χ4v) is 1.47. The van der Waals surface area contributed by atoms with E-state index in [1.165, 1.54) is 0 Å². The molecule has 0 aromatic heterocycles. The van der Waals surface area contributed by atoms with E-state index in [1.54, 1.807) is 0 Å². The van der Waals surface area contributed by atoms with Gasteiger partial charge >= 0.3 is 7.82 Å². The molecule has 2 atom stereocenters. The maximum atomic E-state index is 11.2. The standard InChI is InChI=1S/C8H15O8P/c1-5(9)3-8(2,12)7(11)6(10)4-16-17(13,14)15/h7,11-12H,3-4H2,1-2H3,(H2,13,14,15). The minimum atomic E-state index is -4.82. The number of rotatable bonds is 7. The van der Waals surface area contributed by atoms with Crippen molar-refractivity contribution in [3.8, 4) is 0 Å². The summed E-state index contributed by atoms with van der Waals surface area (Å²) in [5, 5.41) is 19.0. The summed E-state index contributed by atoms with van der Waals surface area (Å²) in [6, 6.07) is 0. The van der Waals surface area contributed by atoms with Crippen LogP contribution < -0.4 is 0 Å². The molecular weight excluding hydrogens is 255 g/mol. The summed E-state index contributed by atoms with van der Waals surface area (Å²) in [5.41, 5.74) is -2.00. The minimum absolute atomic E-state index is 0.447. The van der Waals surface area contributed by atoms with E-state index >= 15 is 0 Å². The molecule has 0 aliphatic rings. The van der Waals surface area contributed by atoms with E-state index in [2.05, 4.69) is 4.52 Å². The van der Waals surface area contributed by atoms with Crippen LogP contribution in [0.3, 0.4) is 0 Å². The molecule has 9 heteroatoms. The quantitative estimate of drug-likeness (QED) is 0.421. The first-order valence-corrected chi connectivity index (χ1v) is 6.11. The van der Waals surface area contributed by atoms with Crippen LogP contribution in [0.25, 0.3) is 0 Å². The first-order chi connectivity index (χ1) is 7.46. The third-order valence-electron chi connectivity index (χ3n) is 1.88. The fraction of sp³-hybridized carbons (Fsp3) is 0.750. The Morgan fingerprint density at radius 2 is 1.88 bits per heavy atom. The van der Waals surface area contributed by atoms with Crippen molar-refractivity contribution in [2.45, 2.75) is 32.0 Å². The van der Waals surface area contributed by atoms with Gasteiger partial charge in [0.1, 0.15) is 24.1 Å². The van der Waals surface area contributed by atoms with Crippen LogP contribution in [-0.4, -0.2) is 49.9 Å². The summed E-state index contributed by atoms with van der Waals surface area (Å²) in [6.45, 7) is 1.17. The molecule has 0 fully saturated rings. The predicted octanol–water partition coefficient (Wildman–Crippen LogP) is -1.24. The maximum Gasteiger partial charge on any atom is 0.470 e. The zero-order valence-electron chi connectivity index (χ0n) is 9.36. The Labute approximate surface area is 97.5 Å². The molecular formula is C8H15O8P. The molecule has 0 radical (unpaired) electrons. The molecule has 0 aliphatic heterocycles. The second-order valence-electron chi connectivity index (χ2n) is 3.87. The topological polar surface area (TPSA) is 141 Å². The van der Waals surface area contributed by atoms with Gasteiger partial charge in [-0.15, -0.1) is 0 Å². The van der Waals surface area contributed by atoms with Gasteiger partial charge < -0.3 is 20.0 Å². The van der Waals surface area contributed by atoms with Crippen LogP contribution in [0.2, 0.25) is 0 Å². The lowest BCUT2D eigenvalue weighted by molar-refractivity contribution is -0.147. The van der Waals surface area contributed by atoms with E-state index in [4.69, 9.17) is 9.79 Å². The average molecular weight is 270 g/mol. The number of phosphoric acid groups is 1. The van der Waals surface area contributed by atoms with E-state index in [-0.39, 0.29) is 0 Å². The summed E-state index contributed by atoms with van der Waals surface area (Å²) in [5.74, 6) is -1.57. The molecule has 0 amide bonds. The van der Waals surface area contributed by atoms with Gasteiger partial charge in [0.2, 0.25) is 0 Å². The Morgan fingerprint density at radius 3 is 2.24 bits per heavy atom. The van der Waals surface area contributed by atoms with Crippen LogP contribution in [-0.2, 0) is 18.7 Å². The molecule has 0 aliphatic carbocycles. The molecule has 4 N–H and O–H groups in total. The molecule has 17 heavy (non-hydrogen) atoms. The fourth-order valence-electron chi connectivity index (χ4n) is 1.17. The molecule has 100 valence electrons. The lowest BCUT2D eigenvalue weighted by atomic mass is 9.91. The van der Waals surface area contributed by atoms with Gasteiger partial charge in [-0.2, -0.15) is 0 Å². The van der Waals surface area contributed by atoms with Crippen molar-refractivity contribution in [2.24, 2.45) is 0 Å². The highest BCUT2D eigenvalue weighted by Gasteiger charge is 2.37. The highest BCUT2D eigenvalue weighted by atomic mass is 31.2. The third kappa shape index (κ3) is 6.62. The number of aliphatic hydroxyl groups excluding tert-OH is 1. The van der Waals surface area contributed by atoms with Crippen molar-refractivity contribution in [1.82, 2.24) is 0 Å². The van der Waals surface area contributed by atoms with Gasteiger partial charge in [-0.3, -0.25) is 14.1 Å². The summed E-state index contributed by atoms with van der Waals surface area (Å²) in [6.07, 6.45) is -2.42. The van der Waals surface area contributed by atoms with Gasteiger partial charge in [0.15, 0.2) is 5.78 Å². The lowest BCUT2D eigenvalue weighted by Gasteiger charge is -2.26. The number of phosphoric ester groups is 1. The highest BCUT2D eigenvalue weighted by Crippen LogP contribution is 2.35. The number of carbonyl (C=O) groups is 2. The van der Waals surface area contributed by atoms with Crippen LogP contribution in [0, 0.1) is 0 Å². The first kappa shape index (κ1) is 16.4. The molecule has 0 aromatic carbocycles. The van der Waals surface area contributed by atoms with Gasteiger partial charge in [-0.1, -0.05) is 0 Å². The zero-order chi connectivity index (χ0) is 13.9. The summed E-state index contributed by atoms with van der Waals surface area (Å²) < 4.78 is 14.2. The van der Waals surface area contributed by atoms with Crippen LogP contribution in [0.4, 0.5) is 0 Å². The maximum absolute atomic E-state index is 11.2. The van der Waals surface area contributed by atoms with Crippen LogP contribution in [0.1, 0.15) is 20.3 Å². The number of Topliss-reactive ketones (excluding diaryl/α,β-unsaturated/α-hetero) is 2. The Morgan fingerprint density at radius 1 is 1.41 bits per heavy atom.